The summed E-state index contributed by atoms with van der Waals surface area (Å²) in [7, 11) is 1.87. The number of aryl methyl sites for hydroxylation is 1. The SMILES string of the molecule is CCNc1nnc(C)cc1NC. The molecule has 0 saturated carbocycles. The van der Waals surface area contributed by atoms with Crippen molar-refractivity contribution in [3.63, 3.8) is 0 Å². The Labute approximate surface area is 72.4 Å². The molecule has 1 aromatic rings. The number of aromatic nitrogens is 2. The Bertz CT molecular complexity index is 259. The summed E-state index contributed by atoms with van der Waals surface area (Å²) in [5.74, 6) is 0.811. The van der Waals surface area contributed by atoms with E-state index in [1.807, 2.05) is 27.0 Å². The molecule has 4 nitrogen and oxygen atoms in total. The predicted octanol–water partition coefficient (Wildman–Crippen LogP) is 1.26. The van der Waals surface area contributed by atoms with Crippen LogP contribution in [0.3, 0.4) is 0 Å². The molecule has 0 aliphatic rings. The van der Waals surface area contributed by atoms with E-state index in [0.717, 1.165) is 23.7 Å². The molecule has 0 radical (unpaired) electrons. The van der Waals surface area contributed by atoms with Crippen molar-refractivity contribution in [2.24, 2.45) is 0 Å². The minimum absolute atomic E-state index is 0.811. The molecule has 0 spiro atoms. The highest BCUT2D eigenvalue weighted by molar-refractivity contribution is 5.63. The number of rotatable bonds is 3. The first-order valence-corrected chi connectivity index (χ1v) is 4.04. The van der Waals surface area contributed by atoms with E-state index >= 15 is 0 Å². The second-order valence-electron chi connectivity index (χ2n) is 2.53. The van der Waals surface area contributed by atoms with Gasteiger partial charge in [-0.25, -0.2) is 0 Å². The smallest absolute Gasteiger partial charge is 0.172 e. The highest BCUT2D eigenvalue weighted by Gasteiger charge is 2.01. The van der Waals surface area contributed by atoms with E-state index in [1.165, 1.54) is 0 Å². The number of nitrogens with zero attached hydrogens (tertiary/aromatic N) is 2. The first-order chi connectivity index (χ1) is 5.77. The molecule has 4 heteroatoms. The third kappa shape index (κ3) is 1.84. The minimum atomic E-state index is 0.811. The lowest BCUT2D eigenvalue weighted by atomic mass is 10.3. The van der Waals surface area contributed by atoms with E-state index in [1.54, 1.807) is 0 Å². The normalized spacial score (nSPS) is 9.58. The fourth-order valence-corrected chi connectivity index (χ4v) is 0.977. The predicted molar refractivity (Wildman–Crippen MR) is 50.5 cm³/mol. The van der Waals surface area contributed by atoms with Gasteiger partial charge in [0.1, 0.15) is 0 Å². The molecule has 0 unspecified atom stereocenters. The summed E-state index contributed by atoms with van der Waals surface area (Å²) in [6.07, 6.45) is 0. The van der Waals surface area contributed by atoms with Crippen molar-refractivity contribution in [3.8, 4) is 0 Å². The maximum atomic E-state index is 4.02. The quantitative estimate of drug-likeness (QED) is 0.709. The highest BCUT2D eigenvalue weighted by atomic mass is 15.2. The van der Waals surface area contributed by atoms with Gasteiger partial charge in [0.15, 0.2) is 5.82 Å². The zero-order chi connectivity index (χ0) is 8.97. The monoisotopic (exact) mass is 166 g/mol. The Kier molecular flexibility index (Phi) is 2.85. The third-order valence-electron chi connectivity index (χ3n) is 1.53. The van der Waals surface area contributed by atoms with Crippen molar-refractivity contribution in [2.45, 2.75) is 13.8 Å². The van der Waals surface area contributed by atoms with E-state index in [2.05, 4.69) is 20.8 Å². The largest absolute Gasteiger partial charge is 0.385 e. The van der Waals surface area contributed by atoms with Gasteiger partial charge in [0.05, 0.1) is 11.4 Å². The Morgan fingerprint density at radius 3 is 2.75 bits per heavy atom. The number of anilines is 2. The van der Waals surface area contributed by atoms with Crippen molar-refractivity contribution in [1.82, 2.24) is 10.2 Å². The molecule has 0 amide bonds. The van der Waals surface area contributed by atoms with Crippen molar-refractivity contribution < 1.29 is 0 Å². The Balaban J connectivity index is 2.94. The summed E-state index contributed by atoms with van der Waals surface area (Å²) in [6.45, 7) is 4.80. The van der Waals surface area contributed by atoms with Crippen LogP contribution >= 0.6 is 0 Å². The molecule has 0 atom stereocenters. The van der Waals surface area contributed by atoms with Gasteiger partial charge in [-0.15, -0.1) is 5.10 Å². The molecule has 0 fully saturated rings. The van der Waals surface area contributed by atoms with Crippen molar-refractivity contribution in [2.75, 3.05) is 24.2 Å². The lowest BCUT2D eigenvalue weighted by molar-refractivity contribution is 0.971. The average Bonchev–Trinajstić information content (AvgIpc) is 2.08. The Morgan fingerprint density at radius 1 is 1.42 bits per heavy atom. The van der Waals surface area contributed by atoms with Crippen molar-refractivity contribution >= 4 is 11.5 Å². The van der Waals surface area contributed by atoms with Crippen LogP contribution in [0.15, 0.2) is 6.07 Å². The molecule has 0 bridgehead atoms. The van der Waals surface area contributed by atoms with Crippen molar-refractivity contribution in [3.05, 3.63) is 11.8 Å². The summed E-state index contributed by atoms with van der Waals surface area (Å²) < 4.78 is 0. The van der Waals surface area contributed by atoms with E-state index in [0.29, 0.717) is 0 Å². The average molecular weight is 166 g/mol. The molecular formula is C8H14N4. The van der Waals surface area contributed by atoms with Gasteiger partial charge in [-0.05, 0) is 19.9 Å². The second-order valence-corrected chi connectivity index (χ2v) is 2.53. The van der Waals surface area contributed by atoms with Crippen molar-refractivity contribution in [1.29, 1.82) is 0 Å². The zero-order valence-electron chi connectivity index (χ0n) is 7.68. The van der Waals surface area contributed by atoms with E-state index in [-0.39, 0.29) is 0 Å². The molecule has 1 rings (SSSR count). The molecule has 1 heterocycles. The highest BCUT2D eigenvalue weighted by Crippen LogP contribution is 2.16. The molecule has 2 N–H and O–H groups in total. The Hall–Kier alpha value is -1.32. The summed E-state index contributed by atoms with van der Waals surface area (Å²) in [4.78, 5) is 0. The molecule has 1 aromatic heterocycles. The fraction of sp³-hybridized carbons (Fsp3) is 0.500. The summed E-state index contributed by atoms with van der Waals surface area (Å²) in [5, 5.41) is 14.1. The van der Waals surface area contributed by atoms with Gasteiger partial charge >= 0.3 is 0 Å². The number of hydrogen-bond donors (Lipinski definition) is 2. The first kappa shape index (κ1) is 8.77. The van der Waals surface area contributed by atoms with Crippen LogP contribution in [0.5, 0.6) is 0 Å². The second kappa shape index (κ2) is 3.90. The van der Waals surface area contributed by atoms with Crippen LogP contribution < -0.4 is 10.6 Å². The fourth-order valence-electron chi connectivity index (χ4n) is 0.977. The van der Waals surface area contributed by atoms with Crippen LogP contribution in [0, 0.1) is 6.92 Å². The van der Waals surface area contributed by atoms with Gasteiger partial charge in [-0.3, -0.25) is 0 Å². The Morgan fingerprint density at radius 2 is 2.17 bits per heavy atom. The molecule has 66 valence electrons. The van der Waals surface area contributed by atoms with E-state index < -0.39 is 0 Å². The summed E-state index contributed by atoms with van der Waals surface area (Å²) >= 11 is 0. The maximum absolute atomic E-state index is 4.02. The zero-order valence-corrected chi connectivity index (χ0v) is 7.68. The number of nitrogens with one attached hydrogen (secondary N) is 2. The summed E-state index contributed by atoms with van der Waals surface area (Å²) in [6, 6.07) is 1.96. The third-order valence-corrected chi connectivity index (χ3v) is 1.53. The van der Waals surface area contributed by atoms with Crippen LogP contribution in [0.1, 0.15) is 12.6 Å². The topological polar surface area (TPSA) is 49.8 Å². The van der Waals surface area contributed by atoms with Gasteiger partial charge in [-0.1, -0.05) is 0 Å². The molecule has 12 heavy (non-hydrogen) atoms. The molecular weight excluding hydrogens is 152 g/mol. The van der Waals surface area contributed by atoms with Crippen LogP contribution in [-0.2, 0) is 0 Å². The van der Waals surface area contributed by atoms with E-state index in [9.17, 15) is 0 Å². The van der Waals surface area contributed by atoms with Gasteiger partial charge < -0.3 is 10.6 Å². The first-order valence-electron chi connectivity index (χ1n) is 4.04. The van der Waals surface area contributed by atoms with Gasteiger partial charge in [-0.2, -0.15) is 5.10 Å². The van der Waals surface area contributed by atoms with Crippen LogP contribution in [0.25, 0.3) is 0 Å². The summed E-state index contributed by atoms with van der Waals surface area (Å²) in [5.41, 5.74) is 1.91. The van der Waals surface area contributed by atoms with E-state index in [4.69, 9.17) is 0 Å². The molecule has 0 aromatic carbocycles. The van der Waals surface area contributed by atoms with Gasteiger partial charge in [0.25, 0.3) is 0 Å². The van der Waals surface area contributed by atoms with Gasteiger partial charge in [0.2, 0.25) is 0 Å². The number of hydrogen-bond acceptors (Lipinski definition) is 4. The maximum Gasteiger partial charge on any atom is 0.172 e. The van der Waals surface area contributed by atoms with Crippen LogP contribution in [-0.4, -0.2) is 23.8 Å². The van der Waals surface area contributed by atoms with Gasteiger partial charge in [0, 0.05) is 13.6 Å². The standard InChI is InChI=1S/C8H14N4/c1-4-10-8-7(9-3)5-6(2)11-12-8/h5H,4H2,1-3H3,(H,9,11)(H,10,12). The van der Waals surface area contributed by atoms with Crippen LogP contribution in [0.4, 0.5) is 11.5 Å². The lowest BCUT2D eigenvalue weighted by Gasteiger charge is -2.07. The lowest BCUT2D eigenvalue weighted by Crippen LogP contribution is -2.05. The molecule has 0 saturated heterocycles. The van der Waals surface area contributed by atoms with Crippen LogP contribution in [0.2, 0.25) is 0 Å². The molecule has 0 aliphatic heterocycles. The molecule has 0 aliphatic carbocycles. The minimum Gasteiger partial charge on any atom is -0.385 e.